The summed E-state index contributed by atoms with van der Waals surface area (Å²) in [5.41, 5.74) is 7.13. The Morgan fingerprint density at radius 3 is 2.80 bits per heavy atom. The standard InChI is InChI=1S/C15H20N2O3/c1-15(2,3)20-14(19)12(16)6-9-8-17-13-5-4-10(18)7-11(9)13/h4-5,7-8,12,17-18H,6,16H2,1-3H3. The van der Waals surface area contributed by atoms with Crippen LogP contribution in [0, 0.1) is 0 Å². The van der Waals surface area contributed by atoms with Crippen molar-refractivity contribution in [3.05, 3.63) is 30.0 Å². The highest BCUT2D eigenvalue weighted by atomic mass is 16.6. The summed E-state index contributed by atoms with van der Waals surface area (Å²) >= 11 is 0. The Morgan fingerprint density at radius 1 is 1.45 bits per heavy atom. The third-order valence-electron chi connectivity index (χ3n) is 2.90. The summed E-state index contributed by atoms with van der Waals surface area (Å²) in [5, 5.41) is 10.4. The maximum Gasteiger partial charge on any atom is 0.323 e. The number of aromatic nitrogens is 1. The lowest BCUT2D eigenvalue weighted by molar-refractivity contribution is -0.156. The first-order valence-corrected chi connectivity index (χ1v) is 6.54. The first-order chi connectivity index (χ1) is 9.26. The Bertz CT molecular complexity index is 626. The molecule has 108 valence electrons. The number of fused-ring (bicyclic) bond motifs is 1. The summed E-state index contributed by atoms with van der Waals surface area (Å²) in [4.78, 5) is 15.0. The highest BCUT2D eigenvalue weighted by molar-refractivity contribution is 5.85. The van der Waals surface area contributed by atoms with Gasteiger partial charge in [-0.2, -0.15) is 0 Å². The van der Waals surface area contributed by atoms with Crippen LogP contribution in [0.1, 0.15) is 26.3 Å². The molecule has 0 aliphatic carbocycles. The molecule has 1 aromatic carbocycles. The van der Waals surface area contributed by atoms with Crippen LogP contribution < -0.4 is 5.73 Å². The molecular formula is C15H20N2O3. The van der Waals surface area contributed by atoms with Crippen molar-refractivity contribution in [2.24, 2.45) is 5.73 Å². The predicted octanol–water partition coefficient (Wildman–Crippen LogP) is 2.08. The highest BCUT2D eigenvalue weighted by Crippen LogP contribution is 2.24. The number of esters is 1. The molecule has 0 bridgehead atoms. The summed E-state index contributed by atoms with van der Waals surface area (Å²) in [5.74, 6) is -0.240. The zero-order valence-corrected chi connectivity index (χ0v) is 11.9. The molecule has 1 unspecified atom stereocenters. The third-order valence-corrected chi connectivity index (χ3v) is 2.90. The monoisotopic (exact) mass is 276 g/mol. The average Bonchev–Trinajstić information content (AvgIpc) is 2.69. The van der Waals surface area contributed by atoms with Crippen LogP contribution in [0.25, 0.3) is 10.9 Å². The average molecular weight is 276 g/mol. The number of aromatic amines is 1. The van der Waals surface area contributed by atoms with Gasteiger partial charge in [0.15, 0.2) is 0 Å². The number of rotatable bonds is 3. The first-order valence-electron chi connectivity index (χ1n) is 6.54. The van der Waals surface area contributed by atoms with E-state index in [1.165, 1.54) is 0 Å². The van der Waals surface area contributed by atoms with Gasteiger partial charge in [0, 0.05) is 23.5 Å². The van der Waals surface area contributed by atoms with Crippen LogP contribution in [-0.2, 0) is 16.0 Å². The smallest absolute Gasteiger partial charge is 0.323 e. The second kappa shape index (κ2) is 5.17. The van der Waals surface area contributed by atoms with E-state index in [2.05, 4.69) is 4.98 Å². The molecule has 0 saturated heterocycles. The van der Waals surface area contributed by atoms with E-state index in [4.69, 9.17) is 10.5 Å². The van der Waals surface area contributed by atoms with E-state index in [-0.39, 0.29) is 5.75 Å². The number of aromatic hydroxyl groups is 1. The van der Waals surface area contributed by atoms with E-state index in [0.29, 0.717) is 6.42 Å². The van der Waals surface area contributed by atoms with Crippen LogP contribution in [0.4, 0.5) is 0 Å². The molecule has 20 heavy (non-hydrogen) atoms. The Kier molecular flexibility index (Phi) is 3.72. The second-order valence-electron chi connectivity index (χ2n) is 5.89. The molecule has 2 aromatic rings. The molecule has 5 heteroatoms. The molecule has 2 rings (SSSR count). The van der Waals surface area contributed by atoms with Crippen molar-refractivity contribution in [3.63, 3.8) is 0 Å². The largest absolute Gasteiger partial charge is 0.508 e. The minimum atomic E-state index is -0.726. The molecule has 5 nitrogen and oxygen atoms in total. The van der Waals surface area contributed by atoms with Gasteiger partial charge in [0.2, 0.25) is 0 Å². The highest BCUT2D eigenvalue weighted by Gasteiger charge is 2.23. The van der Waals surface area contributed by atoms with Gasteiger partial charge >= 0.3 is 5.97 Å². The Hall–Kier alpha value is -2.01. The van der Waals surface area contributed by atoms with Crippen molar-refractivity contribution in [1.29, 1.82) is 0 Å². The number of nitrogens with two attached hydrogens (primary N) is 1. The molecule has 0 saturated carbocycles. The fourth-order valence-electron chi connectivity index (χ4n) is 2.03. The summed E-state index contributed by atoms with van der Waals surface area (Å²) < 4.78 is 5.26. The summed E-state index contributed by atoms with van der Waals surface area (Å²) in [7, 11) is 0. The van der Waals surface area contributed by atoms with Crippen molar-refractivity contribution < 1.29 is 14.6 Å². The van der Waals surface area contributed by atoms with Gasteiger partial charge in [-0.3, -0.25) is 4.79 Å². The number of carbonyl (C=O) groups is 1. The molecule has 0 amide bonds. The number of benzene rings is 1. The summed E-state index contributed by atoms with van der Waals surface area (Å²) in [6.45, 7) is 5.42. The third kappa shape index (κ3) is 3.30. The Morgan fingerprint density at radius 2 is 2.15 bits per heavy atom. The molecule has 1 heterocycles. The van der Waals surface area contributed by atoms with Crippen molar-refractivity contribution in [2.45, 2.75) is 38.8 Å². The molecule has 0 aliphatic heterocycles. The number of nitrogens with one attached hydrogen (secondary N) is 1. The van der Waals surface area contributed by atoms with Gasteiger partial charge in [-0.15, -0.1) is 0 Å². The lowest BCUT2D eigenvalue weighted by Crippen LogP contribution is -2.38. The molecule has 1 aromatic heterocycles. The molecular weight excluding hydrogens is 256 g/mol. The number of phenolic OH excluding ortho intramolecular Hbond substituents is 1. The van der Waals surface area contributed by atoms with E-state index < -0.39 is 17.6 Å². The van der Waals surface area contributed by atoms with Gasteiger partial charge in [0.05, 0.1) is 0 Å². The van der Waals surface area contributed by atoms with E-state index in [0.717, 1.165) is 16.5 Å². The van der Waals surface area contributed by atoms with Crippen molar-refractivity contribution >= 4 is 16.9 Å². The minimum Gasteiger partial charge on any atom is -0.508 e. The molecule has 0 spiro atoms. The number of carbonyl (C=O) groups excluding carboxylic acids is 1. The van der Waals surface area contributed by atoms with Gasteiger partial charge in [-0.25, -0.2) is 0 Å². The maximum atomic E-state index is 11.9. The van der Waals surface area contributed by atoms with Gasteiger partial charge < -0.3 is 20.6 Å². The Labute approximate surface area is 117 Å². The molecule has 4 N–H and O–H groups in total. The van der Waals surface area contributed by atoms with Gasteiger partial charge in [-0.1, -0.05) is 0 Å². The van der Waals surface area contributed by atoms with Crippen LogP contribution in [-0.4, -0.2) is 27.7 Å². The van der Waals surface area contributed by atoms with Gasteiger partial charge in [0.1, 0.15) is 17.4 Å². The quantitative estimate of drug-likeness (QED) is 0.749. The number of ether oxygens (including phenoxy) is 1. The SMILES string of the molecule is CC(C)(C)OC(=O)C(N)Cc1c[nH]c2ccc(O)cc12. The number of H-pyrrole nitrogens is 1. The van der Waals surface area contributed by atoms with Crippen LogP contribution in [0.2, 0.25) is 0 Å². The van der Waals surface area contributed by atoms with Gasteiger partial charge in [-0.05, 0) is 44.5 Å². The van der Waals surface area contributed by atoms with Gasteiger partial charge in [0.25, 0.3) is 0 Å². The fourth-order valence-corrected chi connectivity index (χ4v) is 2.03. The van der Waals surface area contributed by atoms with Crippen molar-refractivity contribution in [1.82, 2.24) is 4.98 Å². The number of hydrogen-bond donors (Lipinski definition) is 3. The molecule has 1 atom stereocenters. The van der Waals surface area contributed by atoms with E-state index >= 15 is 0 Å². The maximum absolute atomic E-state index is 11.9. The predicted molar refractivity (Wildman–Crippen MR) is 77.5 cm³/mol. The van der Waals surface area contributed by atoms with Crippen LogP contribution in [0.5, 0.6) is 5.75 Å². The minimum absolute atomic E-state index is 0.184. The zero-order valence-electron chi connectivity index (χ0n) is 11.9. The lowest BCUT2D eigenvalue weighted by atomic mass is 10.1. The second-order valence-corrected chi connectivity index (χ2v) is 5.89. The number of phenols is 1. The Balaban J connectivity index is 2.15. The topological polar surface area (TPSA) is 88.3 Å². The van der Waals surface area contributed by atoms with E-state index in [9.17, 15) is 9.90 Å². The lowest BCUT2D eigenvalue weighted by Gasteiger charge is -2.22. The first kappa shape index (κ1) is 14.4. The molecule has 0 aliphatic rings. The van der Waals surface area contributed by atoms with Crippen LogP contribution in [0.3, 0.4) is 0 Å². The number of hydrogen-bond acceptors (Lipinski definition) is 4. The van der Waals surface area contributed by atoms with Crippen LogP contribution in [0.15, 0.2) is 24.4 Å². The normalized spacial score (nSPS) is 13.4. The van der Waals surface area contributed by atoms with E-state index in [1.54, 1.807) is 45.2 Å². The fraction of sp³-hybridized carbons (Fsp3) is 0.400. The molecule has 0 radical (unpaired) electrons. The van der Waals surface area contributed by atoms with Crippen LogP contribution >= 0.6 is 0 Å². The molecule has 0 fully saturated rings. The summed E-state index contributed by atoms with van der Waals surface area (Å²) in [6, 6.07) is 4.32. The van der Waals surface area contributed by atoms with Crippen molar-refractivity contribution in [3.8, 4) is 5.75 Å². The summed E-state index contributed by atoms with van der Waals surface area (Å²) in [6.07, 6.45) is 2.16. The zero-order chi connectivity index (χ0) is 14.9. The van der Waals surface area contributed by atoms with E-state index in [1.807, 2.05) is 0 Å². The van der Waals surface area contributed by atoms with Crippen molar-refractivity contribution in [2.75, 3.05) is 0 Å².